The average Bonchev–Trinajstić information content (AvgIpc) is 2.24. The Bertz CT molecular complexity index is 195. The van der Waals surface area contributed by atoms with Crippen LogP contribution in [0.5, 0.6) is 0 Å². The maximum atomic E-state index is 12.0. The van der Waals surface area contributed by atoms with Gasteiger partial charge in [0.15, 0.2) is 0 Å². The third kappa shape index (κ3) is 6.08. The molecule has 0 saturated carbocycles. The van der Waals surface area contributed by atoms with E-state index in [9.17, 15) is 4.79 Å². The summed E-state index contributed by atoms with van der Waals surface area (Å²) in [5.41, 5.74) is 5.64. The number of hydrogen-bond acceptors (Lipinski definition) is 3. The number of carbonyl (C=O) groups is 1. The summed E-state index contributed by atoms with van der Waals surface area (Å²) in [7, 11) is 3.50. The maximum absolute atomic E-state index is 12.0. The fraction of sp³-hybridized carbons (Fsp3) is 0.917. The van der Waals surface area contributed by atoms with Gasteiger partial charge in [0.1, 0.15) is 0 Å². The van der Waals surface area contributed by atoms with Crippen molar-refractivity contribution in [2.75, 3.05) is 33.9 Å². The van der Waals surface area contributed by atoms with Gasteiger partial charge < -0.3 is 15.4 Å². The lowest BCUT2D eigenvalue weighted by molar-refractivity contribution is -0.134. The number of nitrogens with zero attached hydrogens (tertiary/aromatic N) is 1. The summed E-state index contributed by atoms with van der Waals surface area (Å²) >= 11 is 0. The number of hydrogen-bond donors (Lipinski definition) is 1. The molecule has 1 atom stereocenters. The highest BCUT2D eigenvalue weighted by atomic mass is 16.5. The molecule has 0 heterocycles. The topological polar surface area (TPSA) is 55.6 Å². The number of amides is 1. The van der Waals surface area contributed by atoms with Gasteiger partial charge in [0.05, 0.1) is 5.92 Å². The summed E-state index contributed by atoms with van der Waals surface area (Å²) in [6, 6.07) is 0. The molecular weight excluding hydrogens is 204 g/mol. The van der Waals surface area contributed by atoms with Crippen molar-refractivity contribution in [1.29, 1.82) is 0 Å². The molecule has 0 fully saturated rings. The van der Waals surface area contributed by atoms with E-state index in [0.717, 1.165) is 19.4 Å². The van der Waals surface area contributed by atoms with E-state index in [1.54, 1.807) is 12.0 Å². The van der Waals surface area contributed by atoms with Crippen molar-refractivity contribution in [2.45, 2.75) is 26.7 Å². The summed E-state index contributed by atoms with van der Waals surface area (Å²) in [4.78, 5) is 13.8. The Hall–Kier alpha value is -0.610. The number of carbonyl (C=O) groups excluding carboxylic acids is 1. The second kappa shape index (κ2) is 8.53. The van der Waals surface area contributed by atoms with Crippen molar-refractivity contribution in [3.8, 4) is 0 Å². The molecule has 2 N–H and O–H groups in total. The van der Waals surface area contributed by atoms with E-state index in [1.807, 2.05) is 7.05 Å². The van der Waals surface area contributed by atoms with Gasteiger partial charge in [-0.15, -0.1) is 0 Å². The minimum atomic E-state index is -0.0347. The fourth-order valence-electron chi connectivity index (χ4n) is 1.73. The monoisotopic (exact) mass is 230 g/mol. The van der Waals surface area contributed by atoms with Crippen LogP contribution in [0.25, 0.3) is 0 Å². The van der Waals surface area contributed by atoms with Crippen LogP contribution in [0.15, 0.2) is 0 Å². The Morgan fingerprint density at radius 3 is 2.50 bits per heavy atom. The van der Waals surface area contributed by atoms with E-state index in [-0.39, 0.29) is 11.8 Å². The van der Waals surface area contributed by atoms with Gasteiger partial charge >= 0.3 is 0 Å². The zero-order valence-electron chi connectivity index (χ0n) is 11.0. The molecule has 0 aliphatic carbocycles. The third-order valence-electron chi connectivity index (χ3n) is 2.61. The molecule has 1 unspecified atom stereocenters. The molecule has 0 bridgehead atoms. The predicted molar refractivity (Wildman–Crippen MR) is 66.1 cm³/mol. The van der Waals surface area contributed by atoms with Gasteiger partial charge in [-0.3, -0.25) is 4.79 Å². The van der Waals surface area contributed by atoms with E-state index in [2.05, 4.69) is 13.8 Å². The van der Waals surface area contributed by atoms with E-state index in [4.69, 9.17) is 10.5 Å². The van der Waals surface area contributed by atoms with E-state index < -0.39 is 0 Å². The van der Waals surface area contributed by atoms with Gasteiger partial charge in [-0.05, 0) is 18.8 Å². The molecule has 1 amide bonds. The molecule has 0 aromatic carbocycles. The van der Waals surface area contributed by atoms with Crippen LogP contribution in [0.1, 0.15) is 26.7 Å². The SMILES string of the molecule is COCCCN(C)C(=O)C(CN)CC(C)C. The Labute approximate surface area is 99.1 Å². The fourth-order valence-corrected chi connectivity index (χ4v) is 1.73. The molecule has 96 valence electrons. The molecule has 0 saturated heterocycles. The van der Waals surface area contributed by atoms with Crippen molar-refractivity contribution in [3.05, 3.63) is 0 Å². The quantitative estimate of drug-likeness (QED) is 0.635. The lowest BCUT2D eigenvalue weighted by atomic mass is 9.96. The van der Waals surface area contributed by atoms with Crippen molar-refractivity contribution < 1.29 is 9.53 Å². The predicted octanol–water partition coefficient (Wildman–Crippen LogP) is 1.10. The first kappa shape index (κ1) is 15.4. The first-order chi connectivity index (χ1) is 7.52. The Morgan fingerprint density at radius 2 is 2.06 bits per heavy atom. The number of ether oxygens (including phenoxy) is 1. The minimum Gasteiger partial charge on any atom is -0.385 e. The third-order valence-corrected chi connectivity index (χ3v) is 2.61. The van der Waals surface area contributed by atoms with Crippen molar-refractivity contribution in [3.63, 3.8) is 0 Å². The van der Waals surface area contributed by atoms with Crippen LogP contribution in [0.2, 0.25) is 0 Å². The molecule has 0 radical (unpaired) electrons. The van der Waals surface area contributed by atoms with Crippen LogP contribution in [0.3, 0.4) is 0 Å². The number of rotatable bonds is 8. The van der Waals surface area contributed by atoms with Gasteiger partial charge in [0.2, 0.25) is 5.91 Å². The summed E-state index contributed by atoms with van der Waals surface area (Å²) in [6.07, 6.45) is 1.74. The highest BCUT2D eigenvalue weighted by molar-refractivity contribution is 5.78. The molecule has 0 aromatic rings. The molecule has 16 heavy (non-hydrogen) atoms. The van der Waals surface area contributed by atoms with Gasteiger partial charge in [0.25, 0.3) is 0 Å². The normalized spacial score (nSPS) is 12.9. The standard InChI is InChI=1S/C12H26N2O2/c1-10(2)8-11(9-13)12(15)14(3)6-5-7-16-4/h10-11H,5-9,13H2,1-4H3. The lowest BCUT2D eigenvalue weighted by Gasteiger charge is -2.23. The zero-order valence-corrected chi connectivity index (χ0v) is 11.0. The number of methoxy groups -OCH3 is 1. The Morgan fingerprint density at radius 1 is 1.44 bits per heavy atom. The maximum Gasteiger partial charge on any atom is 0.226 e. The Balaban J connectivity index is 4.06. The van der Waals surface area contributed by atoms with Crippen LogP contribution in [0.4, 0.5) is 0 Å². The first-order valence-corrected chi connectivity index (χ1v) is 5.96. The van der Waals surface area contributed by atoms with Crippen LogP contribution < -0.4 is 5.73 Å². The van der Waals surface area contributed by atoms with E-state index >= 15 is 0 Å². The molecule has 4 heteroatoms. The van der Waals surface area contributed by atoms with E-state index in [1.165, 1.54) is 0 Å². The van der Waals surface area contributed by atoms with Crippen LogP contribution >= 0.6 is 0 Å². The summed E-state index contributed by atoms with van der Waals surface area (Å²) in [5.74, 6) is 0.629. The second-order valence-electron chi connectivity index (χ2n) is 4.67. The van der Waals surface area contributed by atoms with Gasteiger partial charge in [-0.2, -0.15) is 0 Å². The number of nitrogens with two attached hydrogens (primary N) is 1. The molecule has 0 spiro atoms. The molecule has 0 rings (SSSR count). The zero-order chi connectivity index (χ0) is 12.6. The molecule has 0 aromatic heterocycles. The largest absolute Gasteiger partial charge is 0.385 e. The van der Waals surface area contributed by atoms with Crippen LogP contribution in [0, 0.1) is 11.8 Å². The van der Waals surface area contributed by atoms with Crippen LogP contribution in [-0.2, 0) is 9.53 Å². The highest BCUT2D eigenvalue weighted by Gasteiger charge is 2.21. The molecule has 0 aliphatic heterocycles. The molecule has 0 aliphatic rings. The van der Waals surface area contributed by atoms with Gasteiger partial charge in [-0.1, -0.05) is 13.8 Å². The summed E-state index contributed by atoms with van der Waals surface area (Å²) in [6.45, 7) is 6.09. The van der Waals surface area contributed by atoms with E-state index in [0.29, 0.717) is 19.1 Å². The first-order valence-electron chi connectivity index (χ1n) is 5.96. The van der Waals surface area contributed by atoms with Crippen molar-refractivity contribution in [2.24, 2.45) is 17.6 Å². The van der Waals surface area contributed by atoms with Gasteiger partial charge in [-0.25, -0.2) is 0 Å². The summed E-state index contributed by atoms with van der Waals surface area (Å²) in [5, 5.41) is 0. The van der Waals surface area contributed by atoms with Crippen LogP contribution in [-0.4, -0.2) is 44.7 Å². The highest BCUT2D eigenvalue weighted by Crippen LogP contribution is 2.13. The van der Waals surface area contributed by atoms with Crippen molar-refractivity contribution in [1.82, 2.24) is 4.90 Å². The average molecular weight is 230 g/mol. The smallest absolute Gasteiger partial charge is 0.226 e. The van der Waals surface area contributed by atoms with Crippen molar-refractivity contribution >= 4 is 5.91 Å². The summed E-state index contributed by atoms with van der Waals surface area (Å²) < 4.78 is 4.96. The lowest BCUT2D eigenvalue weighted by Crippen LogP contribution is -2.38. The minimum absolute atomic E-state index is 0.0347. The second-order valence-corrected chi connectivity index (χ2v) is 4.67. The molecule has 4 nitrogen and oxygen atoms in total. The van der Waals surface area contributed by atoms with Gasteiger partial charge in [0, 0.05) is 33.9 Å². The molecular formula is C12H26N2O2. The Kier molecular flexibility index (Phi) is 8.21.